The summed E-state index contributed by atoms with van der Waals surface area (Å²) < 4.78 is 11.1. The van der Waals surface area contributed by atoms with Crippen molar-refractivity contribution in [3.05, 3.63) is 23.2 Å². The van der Waals surface area contributed by atoms with Crippen molar-refractivity contribution >= 4 is 0 Å². The molecule has 0 bridgehead atoms. The number of rotatable bonds is 4. The van der Waals surface area contributed by atoms with Crippen molar-refractivity contribution in [2.45, 2.75) is 51.2 Å². The van der Waals surface area contributed by atoms with Gasteiger partial charge in [0.15, 0.2) is 0 Å². The van der Waals surface area contributed by atoms with Crippen LogP contribution >= 0.6 is 0 Å². The predicted octanol–water partition coefficient (Wildman–Crippen LogP) is 2.86. The zero-order valence-corrected chi connectivity index (χ0v) is 10.4. The van der Waals surface area contributed by atoms with Crippen molar-refractivity contribution in [3.8, 4) is 0 Å². The van der Waals surface area contributed by atoms with E-state index in [2.05, 4.69) is 0 Å². The summed E-state index contributed by atoms with van der Waals surface area (Å²) in [5.74, 6) is 1.87. The minimum Gasteiger partial charge on any atom is -0.466 e. The van der Waals surface area contributed by atoms with Crippen molar-refractivity contribution in [2.24, 2.45) is 5.73 Å². The molecular formula is C13H21NO2. The van der Waals surface area contributed by atoms with Gasteiger partial charge in [-0.2, -0.15) is 0 Å². The second-order valence-corrected chi connectivity index (χ2v) is 4.92. The van der Waals surface area contributed by atoms with E-state index in [-0.39, 0.29) is 11.6 Å². The topological polar surface area (TPSA) is 48.4 Å². The van der Waals surface area contributed by atoms with Gasteiger partial charge in [0.25, 0.3) is 0 Å². The van der Waals surface area contributed by atoms with Crippen molar-refractivity contribution in [1.29, 1.82) is 0 Å². The van der Waals surface area contributed by atoms with E-state index in [1.165, 1.54) is 6.42 Å². The third-order valence-electron chi connectivity index (χ3n) is 3.77. The van der Waals surface area contributed by atoms with Crippen molar-refractivity contribution in [3.63, 3.8) is 0 Å². The van der Waals surface area contributed by atoms with Crippen LogP contribution in [0.1, 0.15) is 48.8 Å². The van der Waals surface area contributed by atoms with Crippen LogP contribution in [0.5, 0.6) is 0 Å². The fourth-order valence-corrected chi connectivity index (χ4v) is 2.59. The summed E-state index contributed by atoms with van der Waals surface area (Å²) in [6.45, 7) is 3.93. The predicted molar refractivity (Wildman–Crippen MR) is 63.3 cm³/mol. The van der Waals surface area contributed by atoms with Crippen LogP contribution in [-0.2, 0) is 4.74 Å². The van der Waals surface area contributed by atoms with Gasteiger partial charge in [0.05, 0.1) is 5.60 Å². The first-order valence-electron chi connectivity index (χ1n) is 5.94. The van der Waals surface area contributed by atoms with Crippen LogP contribution < -0.4 is 5.73 Å². The summed E-state index contributed by atoms with van der Waals surface area (Å²) in [6, 6.07) is 2.07. The molecule has 1 aromatic heterocycles. The third kappa shape index (κ3) is 2.02. The van der Waals surface area contributed by atoms with E-state index in [0.29, 0.717) is 0 Å². The molecule has 1 saturated carbocycles. The maximum absolute atomic E-state index is 6.24. The Morgan fingerprint density at radius 2 is 2.19 bits per heavy atom. The summed E-state index contributed by atoms with van der Waals surface area (Å²) in [5.41, 5.74) is 7.39. The zero-order chi connectivity index (χ0) is 11.8. The van der Waals surface area contributed by atoms with Gasteiger partial charge in [0.1, 0.15) is 11.5 Å². The Kier molecular flexibility index (Phi) is 3.08. The van der Waals surface area contributed by atoms with Crippen molar-refractivity contribution in [2.75, 3.05) is 7.11 Å². The fraction of sp³-hybridized carbons (Fsp3) is 0.692. The lowest BCUT2D eigenvalue weighted by Crippen LogP contribution is -2.41. The standard InChI is InChI=1S/C13H21NO2/c1-9-7-11(10(2)16-9)12(14)8-13(15-3)5-4-6-13/h7,12H,4-6,8,14H2,1-3H3. The molecule has 0 amide bonds. The molecule has 0 radical (unpaired) electrons. The maximum Gasteiger partial charge on any atom is 0.105 e. The molecule has 1 atom stereocenters. The Labute approximate surface area is 97.0 Å². The lowest BCUT2D eigenvalue weighted by atomic mass is 9.75. The first-order valence-corrected chi connectivity index (χ1v) is 5.94. The molecule has 3 nitrogen and oxygen atoms in total. The van der Waals surface area contributed by atoms with Crippen LogP contribution in [0.25, 0.3) is 0 Å². The van der Waals surface area contributed by atoms with Crippen LogP contribution in [0, 0.1) is 13.8 Å². The summed E-state index contributed by atoms with van der Waals surface area (Å²) in [4.78, 5) is 0. The summed E-state index contributed by atoms with van der Waals surface area (Å²) in [5, 5.41) is 0. The second-order valence-electron chi connectivity index (χ2n) is 4.92. The molecule has 1 heterocycles. The Morgan fingerprint density at radius 3 is 2.56 bits per heavy atom. The minimum atomic E-state index is 0.0248. The lowest BCUT2D eigenvalue weighted by Gasteiger charge is -2.42. The van der Waals surface area contributed by atoms with E-state index in [1.807, 2.05) is 19.9 Å². The van der Waals surface area contributed by atoms with Gasteiger partial charge >= 0.3 is 0 Å². The van der Waals surface area contributed by atoms with Crippen LogP contribution in [0.3, 0.4) is 0 Å². The average molecular weight is 223 g/mol. The lowest BCUT2D eigenvalue weighted by molar-refractivity contribution is -0.0817. The Bertz CT molecular complexity index is 360. The molecule has 2 N–H and O–H groups in total. The largest absolute Gasteiger partial charge is 0.466 e. The highest BCUT2D eigenvalue weighted by Gasteiger charge is 2.39. The first-order chi connectivity index (χ1) is 7.56. The molecule has 2 rings (SSSR count). The van der Waals surface area contributed by atoms with Gasteiger partial charge in [-0.15, -0.1) is 0 Å². The molecule has 0 saturated heterocycles. The molecule has 1 aliphatic carbocycles. The number of nitrogens with two attached hydrogens (primary N) is 1. The van der Waals surface area contributed by atoms with Gasteiger partial charge in [-0.1, -0.05) is 0 Å². The average Bonchev–Trinajstić information content (AvgIpc) is 2.51. The molecule has 90 valence electrons. The van der Waals surface area contributed by atoms with Gasteiger partial charge < -0.3 is 14.9 Å². The van der Waals surface area contributed by atoms with Crippen LogP contribution in [0.4, 0.5) is 0 Å². The Balaban J connectivity index is 2.07. The summed E-state index contributed by atoms with van der Waals surface area (Å²) >= 11 is 0. The van der Waals surface area contributed by atoms with Gasteiger partial charge in [-0.3, -0.25) is 0 Å². The molecular weight excluding hydrogens is 202 g/mol. The van der Waals surface area contributed by atoms with Gasteiger partial charge in [-0.05, 0) is 45.6 Å². The van der Waals surface area contributed by atoms with E-state index in [0.717, 1.165) is 36.3 Å². The Hall–Kier alpha value is -0.800. The highest BCUT2D eigenvalue weighted by Crippen LogP contribution is 2.41. The normalized spacial score (nSPS) is 20.5. The number of aryl methyl sites for hydroxylation is 2. The molecule has 0 spiro atoms. The van der Waals surface area contributed by atoms with E-state index >= 15 is 0 Å². The smallest absolute Gasteiger partial charge is 0.105 e. The molecule has 1 unspecified atom stereocenters. The van der Waals surface area contributed by atoms with Crippen molar-refractivity contribution in [1.82, 2.24) is 0 Å². The van der Waals surface area contributed by atoms with Crippen molar-refractivity contribution < 1.29 is 9.15 Å². The number of furan rings is 1. The van der Waals surface area contributed by atoms with E-state index < -0.39 is 0 Å². The monoisotopic (exact) mass is 223 g/mol. The fourth-order valence-electron chi connectivity index (χ4n) is 2.59. The van der Waals surface area contributed by atoms with E-state index in [9.17, 15) is 0 Å². The molecule has 1 fully saturated rings. The second kappa shape index (κ2) is 4.22. The highest BCUT2D eigenvalue weighted by molar-refractivity contribution is 5.24. The van der Waals surface area contributed by atoms with Gasteiger partial charge in [0.2, 0.25) is 0 Å². The third-order valence-corrected chi connectivity index (χ3v) is 3.77. The molecule has 1 aromatic rings. The molecule has 1 aliphatic rings. The number of hydrogen-bond acceptors (Lipinski definition) is 3. The number of methoxy groups -OCH3 is 1. The maximum atomic E-state index is 6.24. The van der Waals surface area contributed by atoms with Crippen LogP contribution in [0.2, 0.25) is 0 Å². The summed E-state index contributed by atoms with van der Waals surface area (Å²) in [6.07, 6.45) is 4.41. The molecule has 3 heteroatoms. The van der Waals surface area contributed by atoms with E-state index in [4.69, 9.17) is 14.9 Å². The number of hydrogen-bond donors (Lipinski definition) is 1. The Morgan fingerprint density at radius 1 is 1.50 bits per heavy atom. The highest BCUT2D eigenvalue weighted by atomic mass is 16.5. The van der Waals surface area contributed by atoms with Gasteiger partial charge in [-0.25, -0.2) is 0 Å². The van der Waals surface area contributed by atoms with Crippen LogP contribution in [0.15, 0.2) is 10.5 Å². The molecule has 16 heavy (non-hydrogen) atoms. The van der Waals surface area contributed by atoms with Gasteiger partial charge in [0, 0.05) is 18.7 Å². The number of ether oxygens (including phenoxy) is 1. The minimum absolute atomic E-state index is 0.0248. The van der Waals surface area contributed by atoms with E-state index in [1.54, 1.807) is 7.11 Å². The molecule has 0 aromatic carbocycles. The quantitative estimate of drug-likeness (QED) is 0.853. The molecule has 0 aliphatic heterocycles. The van der Waals surface area contributed by atoms with Crippen LogP contribution in [-0.4, -0.2) is 12.7 Å². The summed E-state index contributed by atoms with van der Waals surface area (Å²) in [7, 11) is 1.79. The zero-order valence-electron chi connectivity index (χ0n) is 10.4. The first kappa shape index (κ1) is 11.7. The SMILES string of the molecule is COC1(CC(N)c2cc(C)oc2C)CCC1.